The van der Waals surface area contributed by atoms with Gasteiger partial charge in [0.05, 0.1) is 5.75 Å². The third kappa shape index (κ3) is 4.89. The topological polar surface area (TPSA) is 66.4 Å². The van der Waals surface area contributed by atoms with Crippen LogP contribution in [0.15, 0.2) is 29.6 Å². The van der Waals surface area contributed by atoms with E-state index in [1.165, 1.54) is 22.7 Å². The molecule has 2 heterocycles. The molecule has 2 aromatic rings. The van der Waals surface area contributed by atoms with Crippen molar-refractivity contribution in [3.63, 3.8) is 0 Å². The molecule has 21 heavy (non-hydrogen) atoms. The van der Waals surface area contributed by atoms with Crippen LogP contribution in [0.3, 0.4) is 0 Å². The van der Waals surface area contributed by atoms with E-state index in [0.717, 1.165) is 21.1 Å². The smallest absolute Gasteiger partial charge is 0.211 e. The van der Waals surface area contributed by atoms with Gasteiger partial charge >= 0.3 is 0 Å². The van der Waals surface area contributed by atoms with Gasteiger partial charge in [-0.25, -0.2) is 13.1 Å². The van der Waals surface area contributed by atoms with Gasteiger partial charge in [-0.3, -0.25) is 0 Å². The summed E-state index contributed by atoms with van der Waals surface area (Å²) in [5.74, 6) is 0.166. The van der Waals surface area contributed by atoms with Gasteiger partial charge in [-0.05, 0) is 30.0 Å². The number of unbranched alkanes of at least 4 members (excludes halogenated alkanes) is 1. The van der Waals surface area contributed by atoms with Crippen molar-refractivity contribution in [2.45, 2.75) is 32.4 Å². The zero-order valence-electron chi connectivity index (χ0n) is 11.8. The molecule has 0 radical (unpaired) electrons. The van der Waals surface area contributed by atoms with E-state index < -0.39 is 16.1 Å². The first-order valence-corrected chi connectivity index (χ1v) is 10.1. The maximum Gasteiger partial charge on any atom is 0.211 e. The van der Waals surface area contributed by atoms with Gasteiger partial charge in [-0.2, -0.15) is 0 Å². The average Bonchev–Trinajstić information content (AvgIpc) is 3.13. The molecular weight excluding hydrogens is 326 g/mol. The van der Waals surface area contributed by atoms with Crippen LogP contribution >= 0.6 is 22.7 Å². The van der Waals surface area contributed by atoms with E-state index >= 15 is 0 Å². The first-order valence-electron chi connectivity index (χ1n) is 6.79. The van der Waals surface area contributed by atoms with Crippen LogP contribution in [0.5, 0.6) is 0 Å². The van der Waals surface area contributed by atoms with Crippen LogP contribution in [-0.4, -0.2) is 19.3 Å². The van der Waals surface area contributed by atoms with E-state index in [1.54, 1.807) is 0 Å². The third-order valence-corrected chi connectivity index (χ3v) is 6.47. The lowest BCUT2D eigenvalue weighted by molar-refractivity contribution is 0.228. The van der Waals surface area contributed by atoms with Crippen molar-refractivity contribution in [2.75, 3.05) is 5.75 Å². The fourth-order valence-corrected chi connectivity index (χ4v) is 4.85. The van der Waals surface area contributed by atoms with E-state index in [1.807, 2.05) is 36.6 Å². The number of aliphatic hydroxyl groups excluding tert-OH is 1. The third-order valence-electron chi connectivity index (χ3n) is 3.00. The van der Waals surface area contributed by atoms with Crippen LogP contribution in [0, 0.1) is 0 Å². The number of sulfonamides is 1. The maximum absolute atomic E-state index is 11.7. The minimum atomic E-state index is -3.20. The van der Waals surface area contributed by atoms with Crippen LogP contribution in [0.25, 0.3) is 0 Å². The standard InChI is InChI=1S/C14H19NO3S3/c1-2-3-9-21(17,18)15-10-11-6-7-13(20-11)14(16)12-5-4-8-19-12/h4-8,14-16H,2-3,9-10H2,1H3. The van der Waals surface area contributed by atoms with E-state index in [-0.39, 0.29) is 12.3 Å². The molecule has 0 aromatic carbocycles. The highest BCUT2D eigenvalue weighted by Gasteiger charge is 2.15. The number of thiophene rings is 2. The first kappa shape index (κ1) is 16.6. The van der Waals surface area contributed by atoms with E-state index in [4.69, 9.17) is 0 Å². The van der Waals surface area contributed by atoms with Gasteiger partial charge in [0, 0.05) is 21.2 Å². The van der Waals surface area contributed by atoms with E-state index in [0.29, 0.717) is 6.42 Å². The number of rotatable bonds is 8. The SMILES string of the molecule is CCCCS(=O)(=O)NCc1ccc(C(O)c2cccs2)s1. The van der Waals surface area contributed by atoms with Gasteiger partial charge in [-0.15, -0.1) is 22.7 Å². The number of aliphatic hydroxyl groups is 1. The Hall–Kier alpha value is -0.730. The molecule has 2 rings (SSSR count). The second-order valence-electron chi connectivity index (χ2n) is 4.72. The molecule has 0 spiro atoms. The van der Waals surface area contributed by atoms with E-state index in [2.05, 4.69) is 4.72 Å². The normalized spacial score (nSPS) is 13.4. The first-order chi connectivity index (χ1) is 10.0. The monoisotopic (exact) mass is 345 g/mol. The summed E-state index contributed by atoms with van der Waals surface area (Å²) in [5, 5.41) is 12.1. The predicted molar refractivity (Wildman–Crippen MR) is 88.2 cm³/mol. The van der Waals surface area contributed by atoms with Gasteiger partial charge in [0.25, 0.3) is 0 Å². The largest absolute Gasteiger partial charge is 0.382 e. The molecule has 116 valence electrons. The summed E-state index contributed by atoms with van der Waals surface area (Å²) in [6, 6.07) is 7.51. The molecule has 1 atom stereocenters. The van der Waals surface area contributed by atoms with Crippen LogP contribution in [0.2, 0.25) is 0 Å². The van der Waals surface area contributed by atoms with Gasteiger partial charge in [0.2, 0.25) is 10.0 Å². The van der Waals surface area contributed by atoms with Crippen molar-refractivity contribution in [1.82, 2.24) is 4.72 Å². The molecule has 4 nitrogen and oxygen atoms in total. The minimum Gasteiger partial charge on any atom is -0.382 e. The lowest BCUT2D eigenvalue weighted by Crippen LogP contribution is -2.25. The molecule has 2 N–H and O–H groups in total. The van der Waals surface area contributed by atoms with Crippen LogP contribution < -0.4 is 4.72 Å². The fraction of sp³-hybridized carbons (Fsp3) is 0.429. The molecule has 0 saturated carbocycles. The molecular formula is C14H19NO3S3. The zero-order valence-corrected chi connectivity index (χ0v) is 14.2. The van der Waals surface area contributed by atoms with Gasteiger partial charge in [0.15, 0.2) is 0 Å². The summed E-state index contributed by atoms with van der Waals surface area (Å²) in [6.45, 7) is 2.25. The van der Waals surface area contributed by atoms with Crippen molar-refractivity contribution in [3.05, 3.63) is 44.3 Å². The molecule has 1 unspecified atom stereocenters. The van der Waals surface area contributed by atoms with Crippen molar-refractivity contribution in [3.8, 4) is 0 Å². The number of nitrogens with one attached hydrogen (secondary N) is 1. The maximum atomic E-state index is 11.7. The summed E-state index contributed by atoms with van der Waals surface area (Å²) in [7, 11) is -3.20. The highest BCUT2D eigenvalue weighted by molar-refractivity contribution is 7.89. The molecule has 0 aliphatic carbocycles. The van der Waals surface area contributed by atoms with Crippen LogP contribution in [0.4, 0.5) is 0 Å². The van der Waals surface area contributed by atoms with Crippen molar-refractivity contribution >= 4 is 32.7 Å². The van der Waals surface area contributed by atoms with Gasteiger partial charge in [-0.1, -0.05) is 19.4 Å². The molecule has 7 heteroatoms. The van der Waals surface area contributed by atoms with Crippen molar-refractivity contribution < 1.29 is 13.5 Å². The van der Waals surface area contributed by atoms with Crippen LogP contribution in [-0.2, 0) is 16.6 Å². The number of hydrogen-bond donors (Lipinski definition) is 2. The van der Waals surface area contributed by atoms with Crippen LogP contribution in [0.1, 0.15) is 40.5 Å². The molecule has 0 bridgehead atoms. The predicted octanol–water partition coefficient (Wildman–Crippen LogP) is 3.11. The Balaban J connectivity index is 1.94. The summed E-state index contributed by atoms with van der Waals surface area (Å²) >= 11 is 2.94. The highest BCUT2D eigenvalue weighted by Crippen LogP contribution is 2.30. The molecule has 0 fully saturated rings. The Morgan fingerprint density at radius 2 is 2.10 bits per heavy atom. The zero-order chi connectivity index (χ0) is 15.3. The van der Waals surface area contributed by atoms with Gasteiger partial charge in [0.1, 0.15) is 6.10 Å². The second kappa shape index (κ2) is 7.51. The molecule has 0 aliphatic rings. The summed E-state index contributed by atoms with van der Waals surface area (Å²) in [6.07, 6.45) is 0.902. The second-order valence-corrected chi connectivity index (χ2v) is 8.82. The molecule has 0 aliphatic heterocycles. The Morgan fingerprint density at radius 1 is 1.29 bits per heavy atom. The Bertz CT molecular complexity index is 647. The minimum absolute atomic E-state index is 0.166. The van der Waals surface area contributed by atoms with Crippen molar-refractivity contribution in [1.29, 1.82) is 0 Å². The summed E-state index contributed by atoms with van der Waals surface area (Å²) < 4.78 is 26.1. The molecule has 0 amide bonds. The quantitative estimate of drug-likeness (QED) is 0.772. The summed E-state index contributed by atoms with van der Waals surface area (Å²) in [4.78, 5) is 2.63. The summed E-state index contributed by atoms with van der Waals surface area (Å²) in [5.41, 5.74) is 0. The Morgan fingerprint density at radius 3 is 2.76 bits per heavy atom. The van der Waals surface area contributed by atoms with Crippen molar-refractivity contribution in [2.24, 2.45) is 0 Å². The Kier molecular flexibility index (Phi) is 5.95. The Labute approximate surface area is 133 Å². The van der Waals surface area contributed by atoms with Gasteiger partial charge < -0.3 is 5.11 Å². The average molecular weight is 346 g/mol. The fourth-order valence-electron chi connectivity index (χ4n) is 1.81. The molecule has 0 saturated heterocycles. The molecule has 2 aromatic heterocycles. The van der Waals surface area contributed by atoms with E-state index in [9.17, 15) is 13.5 Å². The lowest BCUT2D eigenvalue weighted by atomic mass is 10.2. The number of hydrogen-bond acceptors (Lipinski definition) is 5. The lowest BCUT2D eigenvalue weighted by Gasteiger charge is -2.06. The highest BCUT2D eigenvalue weighted by atomic mass is 32.2.